The number of aliphatic hydroxyl groups excluding tert-OH is 1. The number of benzene rings is 2. The van der Waals surface area contributed by atoms with Crippen LogP contribution in [0.5, 0.6) is 0 Å². The average molecular weight is 448 g/mol. The average Bonchev–Trinajstić information content (AvgIpc) is 2.66. The van der Waals surface area contributed by atoms with Crippen LogP contribution >= 0.6 is 27.7 Å². The number of fused-ring (bicyclic) bond motifs is 1. The number of aliphatic hydroxyl groups is 1. The highest BCUT2D eigenvalue weighted by Crippen LogP contribution is 2.20. The molecule has 0 atom stereocenters. The molecule has 0 radical (unpaired) electrons. The summed E-state index contributed by atoms with van der Waals surface area (Å²) in [4.78, 5) is 29.6. The summed E-state index contributed by atoms with van der Waals surface area (Å²) in [5, 5.41) is 12.9. The van der Waals surface area contributed by atoms with Crippen LogP contribution in [-0.2, 0) is 11.3 Å². The molecule has 1 heterocycles. The fraction of sp³-hybridized carbons (Fsp3) is 0.211. The zero-order valence-corrected chi connectivity index (χ0v) is 16.8. The van der Waals surface area contributed by atoms with Gasteiger partial charge < -0.3 is 10.4 Å². The van der Waals surface area contributed by atoms with Crippen LogP contribution in [0.15, 0.2) is 63.0 Å². The molecular formula is C19H18BrN3O3S. The molecule has 0 fully saturated rings. The fourth-order valence-electron chi connectivity index (χ4n) is 2.58. The van der Waals surface area contributed by atoms with Gasteiger partial charge in [0.1, 0.15) is 0 Å². The number of para-hydroxylation sites is 1. The van der Waals surface area contributed by atoms with Gasteiger partial charge in [0.25, 0.3) is 5.56 Å². The van der Waals surface area contributed by atoms with Crippen molar-refractivity contribution in [3.05, 3.63) is 63.4 Å². The first-order valence-corrected chi connectivity index (χ1v) is 10.1. The SMILES string of the molecule is O=C(CSc1nc2ccccc2c(=O)n1CCCO)Nc1cccc(Br)c1. The molecule has 0 saturated heterocycles. The molecule has 27 heavy (non-hydrogen) atoms. The number of hydrogen-bond acceptors (Lipinski definition) is 5. The van der Waals surface area contributed by atoms with E-state index in [1.165, 1.54) is 16.3 Å². The van der Waals surface area contributed by atoms with E-state index in [0.717, 1.165) is 4.47 Å². The summed E-state index contributed by atoms with van der Waals surface area (Å²) < 4.78 is 2.40. The Bertz CT molecular complexity index is 1020. The molecule has 0 bridgehead atoms. The van der Waals surface area contributed by atoms with Crippen molar-refractivity contribution in [3.8, 4) is 0 Å². The van der Waals surface area contributed by atoms with Crippen LogP contribution in [0, 0.1) is 0 Å². The Labute approximate surface area is 168 Å². The lowest BCUT2D eigenvalue weighted by atomic mass is 10.2. The van der Waals surface area contributed by atoms with Crippen molar-refractivity contribution in [3.63, 3.8) is 0 Å². The molecule has 8 heteroatoms. The normalized spacial score (nSPS) is 10.9. The minimum absolute atomic E-state index is 0.0211. The zero-order chi connectivity index (χ0) is 19.2. The van der Waals surface area contributed by atoms with Gasteiger partial charge in [0.15, 0.2) is 5.16 Å². The highest BCUT2D eigenvalue weighted by Gasteiger charge is 2.13. The van der Waals surface area contributed by atoms with Crippen molar-refractivity contribution in [1.82, 2.24) is 9.55 Å². The van der Waals surface area contributed by atoms with Gasteiger partial charge in [-0.1, -0.05) is 45.9 Å². The highest BCUT2D eigenvalue weighted by atomic mass is 79.9. The molecule has 0 aliphatic rings. The molecule has 1 aromatic heterocycles. The van der Waals surface area contributed by atoms with Gasteiger partial charge in [0.2, 0.25) is 5.91 Å². The topological polar surface area (TPSA) is 84.2 Å². The molecule has 0 unspecified atom stereocenters. The third-order valence-electron chi connectivity index (χ3n) is 3.81. The number of thioether (sulfide) groups is 1. The second-order valence-electron chi connectivity index (χ2n) is 5.79. The van der Waals surface area contributed by atoms with E-state index in [4.69, 9.17) is 5.11 Å². The van der Waals surface area contributed by atoms with Crippen LogP contribution in [0.25, 0.3) is 10.9 Å². The van der Waals surface area contributed by atoms with Crippen molar-refractivity contribution >= 4 is 50.2 Å². The van der Waals surface area contributed by atoms with Gasteiger partial charge >= 0.3 is 0 Å². The van der Waals surface area contributed by atoms with Crippen molar-refractivity contribution in [2.45, 2.75) is 18.1 Å². The molecule has 0 saturated carbocycles. The maximum atomic E-state index is 12.8. The van der Waals surface area contributed by atoms with E-state index in [9.17, 15) is 9.59 Å². The van der Waals surface area contributed by atoms with Crippen LogP contribution in [0.3, 0.4) is 0 Å². The second kappa shape index (κ2) is 9.16. The number of anilines is 1. The molecule has 0 aliphatic carbocycles. The number of nitrogens with one attached hydrogen (secondary N) is 1. The number of aromatic nitrogens is 2. The Hall–Kier alpha value is -2.16. The smallest absolute Gasteiger partial charge is 0.262 e. The molecule has 6 nitrogen and oxygen atoms in total. The zero-order valence-electron chi connectivity index (χ0n) is 14.4. The second-order valence-corrected chi connectivity index (χ2v) is 7.65. The minimum Gasteiger partial charge on any atom is -0.396 e. The Morgan fingerprint density at radius 3 is 2.81 bits per heavy atom. The summed E-state index contributed by atoms with van der Waals surface area (Å²) in [7, 11) is 0. The summed E-state index contributed by atoms with van der Waals surface area (Å²) >= 11 is 4.57. The van der Waals surface area contributed by atoms with Gasteiger partial charge in [-0.25, -0.2) is 4.98 Å². The maximum Gasteiger partial charge on any atom is 0.262 e. The molecule has 3 rings (SSSR count). The van der Waals surface area contributed by atoms with Gasteiger partial charge in [-0.2, -0.15) is 0 Å². The Morgan fingerprint density at radius 1 is 1.22 bits per heavy atom. The van der Waals surface area contributed by atoms with Crippen molar-refractivity contribution < 1.29 is 9.90 Å². The number of halogens is 1. The molecule has 3 aromatic rings. The van der Waals surface area contributed by atoms with Crippen LogP contribution in [0.4, 0.5) is 5.69 Å². The number of amides is 1. The number of carbonyl (C=O) groups excluding carboxylic acids is 1. The molecule has 2 aromatic carbocycles. The highest BCUT2D eigenvalue weighted by molar-refractivity contribution is 9.10. The molecular weight excluding hydrogens is 430 g/mol. The Kier molecular flexibility index (Phi) is 6.65. The standard InChI is InChI=1S/C19H18BrN3O3S/c20-13-5-3-6-14(11-13)21-17(25)12-27-19-22-16-8-2-1-7-15(16)18(26)23(19)9-4-10-24/h1-3,5-8,11,24H,4,9-10,12H2,(H,21,25). The van der Waals surface area contributed by atoms with E-state index in [-0.39, 0.29) is 23.8 Å². The van der Waals surface area contributed by atoms with Crippen LogP contribution in [-0.4, -0.2) is 32.9 Å². The fourth-order valence-corrected chi connectivity index (χ4v) is 3.80. The van der Waals surface area contributed by atoms with Crippen molar-refractivity contribution in [2.75, 3.05) is 17.7 Å². The third kappa shape index (κ3) is 4.97. The lowest BCUT2D eigenvalue weighted by molar-refractivity contribution is -0.113. The summed E-state index contributed by atoms with van der Waals surface area (Å²) in [5.41, 5.74) is 1.13. The predicted molar refractivity (Wildman–Crippen MR) is 111 cm³/mol. The molecule has 2 N–H and O–H groups in total. The monoisotopic (exact) mass is 447 g/mol. The molecule has 1 amide bonds. The van der Waals surface area contributed by atoms with E-state index in [1.807, 2.05) is 24.3 Å². The molecule has 140 valence electrons. The van der Waals surface area contributed by atoms with Gasteiger partial charge in [0.05, 0.1) is 16.7 Å². The van der Waals surface area contributed by atoms with Crippen LogP contribution in [0.2, 0.25) is 0 Å². The minimum atomic E-state index is -0.186. The molecule has 0 aliphatic heterocycles. The summed E-state index contributed by atoms with van der Waals surface area (Å²) in [6, 6.07) is 14.5. The summed E-state index contributed by atoms with van der Waals surface area (Å²) in [6.07, 6.45) is 0.442. The van der Waals surface area contributed by atoms with E-state index in [2.05, 4.69) is 26.2 Å². The predicted octanol–water partition coefficient (Wildman–Crippen LogP) is 3.27. The third-order valence-corrected chi connectivity index (χ3v) is 5.28. The lowest BCUT2D eigenvalue weighted by Gasteiger charge is -2.12. The quantitative estimate of drug-likeness (QED) is 0.428. The van der Waals surface area contributed by atoms with Crippen molar-refractivity contribution in [2.24, 2.45) is 0 Å². The van der Waals surface area contributed by atoms with E-state index < -0.39 is 0 Å². The van der Waals surface area contributed by atoms with Gasteiger partial charge in [-0.3, -0.25) is 14.2 Å². The lowest BCUT2D eigenvalue weighted by Crippen LogP contribution is -2.24. The summed E-state index contributed by atoms with van der Waals surface area (Å²) in [5.74, 6) is -0.0645. The van der Waals surface area contributed by atoms with Crippen LogP contribution in [0.1, 0.15) is 6.42 Å². The summed E-state index contributed by atoms with van der Waals surface area (Å²) in [6.45, 7) is 0.329. The van der Waals surface area contributed by atoms with E-state index in [0.29, 0.717) is 34.7 Å². The number of carbonyl (C=O) groups is 1. The van der Waals surface area contributed by atoms with Gasteiger partial charge in [0, 0.05) is 23.3 Å². The molecule has 0 spiro atoms. The maximum absolute atomic E-state index is 12.8. The van der Waals surface area contributed by atoms with E-state index >= 15 is 0 Å². The Balaban J connectivity index is 1.80. The van der Waals surface area contributed by atoms with E-state index in [1.54, 1.807) is 24.3 Å². The van der Waals surface area contributed by atoms with Crippen molar-refractivity contribution in [1.29, 1.82) is 0 Å². The first-order chi connectivity index (χ1) is 13.1. The number of nitrogens with zero attached hydrogens (tertiary/aromatic N) is 2. The van der Waals surface area contributed by atoms with Gasteiger partial charge in [-0.05, 0) is 36.8 Å². The van der Waals surface area contributed by atoms with Gasteiger partial charge in [-0.15, -0.1) is 0 Å². The largest absolute Gasteiger partial charge is 0.396 e. The Morgan fingerprint density at radius 2 is 2.04 bits per heavy atom. The number of rotatable bonds is 7. The first-order valence-electron chi connectivity index (χ1n) is 8.37. The number of hydrogen-bond donors (Lipinski definition) is 2. The first kappa shape index (κ1) is 19.6. The van der Waals surface area contributed by atoms with Crippen LogP contribution < -0.4 is 10.9 Å².